The zero-order valence-electron chi connectivity index (χ0n) is 18.6. The van der Waals surface area contributed by atoms with Crippen LogP contribution in [0.1, 0.15) is 29.6 Å². The number of fused-ring (bicyclic) bond motifs is 1. The number of benzene rings is 2. The van der Waals surface area contributed by atoms with Crippen molar-refractivity contribution in [2.24, 2.45) is 0 Å². The number of nitrogens with one attached hydrogen (secondary N) is 3. The smallest absolute Gasteiger partial charge is 0.319 e. The molecule has 0 bridgehead atoms. The van der Waals surface area contributed by atoms with Crippen LogP contribution in [-0.4, -0.2) is 48.3 Å². The standard InChI is InChI=1S/C24H25ClN4O5/c1-33-22-13-20-16(12-17(22)23(31)27-8-2-10-30)21(7-9-26-20)34-15-5-6-19(18(25)11-15)29-24(32)28-14-3-4-14/h5-7,9,11-14,30H,2-4,8,10H2,1H3,(H,27,31)(H2,28,29,32). The van der Waals surface area contributed by atoms with Crippen molar-refractivity contribution in [3.05, 3.63) is 53.2 Å². The van der Waals surface area contributed by atoms with Gasteiger partial charge in [0.2, 0.25) is 0 Å². The van der Waals surface area contributed by atoms with Gasteiger partial charge in [0.1, 0.15) is 17.2 Å². The van der Waals surface area contributed by atoms with Gasteiger partial charge in [-0.2, -0.15) is 0 Å². The van der Waals surface area contributed by atoms with Gasteiger partial charge < -0.3 is 30.5 Å². The number of hydrogen-bond acceptors (Lipinski definition) is 6. The number of carbonyl (C=O) groups excluding carboxylic acids is 2. The van der Waals surface area contributed by atoms with Gasteiger partial charge in [-0.15, -0.1) is 0 Å². The Morgan fingerprint density at radius 3 is 2.71 bits per heavy atom. The van der Waals surface area contributed by atoms with Crippen molar-refractivity contribution in [1.29, 1.82) is 0 Å². The van der Waals surface area contributed by atoms with E-state index in [1.807, 2.05) is 0 Å². The number of ether oxygens (including phenoxy) is 2. The van der Waals surface area contributed by atoms with E-state index in [0.717, 1.165) is 12.8 Å². The summed E-state index contributed by atoms with van der Waals surface area (Å²) >= 11 is 6.35. The highest BCUT2D eigenvalue weighted by atomic mass is 35.5. The molecule has 0 radical (unpaired) electrons. The fourth-order valence-electron chi connectivity index (χ4n) is 3.32. The molecule has 178 valence electrons. The van der Waals surface area contributed by atoms with Crippen molar-refractivity contribution < 1.29 is 24.2 Å². The van der Waals surface area contributed by atoms with Crippen molar-refractivity contribution >= 4 is 40.1 Å². The molecular weight excluding hydrogens is 460 g/mol. The summed E-state index contributed by atoms with van der Waals surface area (Å²) in [4.78, 5) is 29.0. The summed E-state index contributed by atoms with van der Waals surface area (Å²) in [7, 11) is 1.48. The fourth-order valence-corrected chi connectivity index (χ4v) is 3.54. The Kier molecular flexibility index (Phi) is 7.34. The van der Waals surface area contributed by atoms with E-state index in [1.165, 1.54) is 7.11 Å². The van der Waals surface area contributed by atoms with Crippen LogP contribution in [0.2, 0.25) is 5.02 Å². The zero-order valence-corrected chi connectivity index (χ0v) is 19.3. The van der Waals surface area contributed by atoms with Crippen LogP contribution >= 0.6 is 11.6 Å². The molecule has 0 aliphatic heterocycles. The fraction of sp³-hybridized carbons (Fsp3) is 0.292. The van der Waals surface area contributed by atoms with Gasteiger partial charge in [0, 0.05) is 42.9 Å². The summed E-state index contributed by atoms with van der Waals surface area (Å²) in [6.45, 7) is 0.323. The molecular formula is C24H25ClN4O5. The Morgan fingerprint density at radius 1 is 1.18 bits per heavy atom. The summed E-state index contributed by atoms with van der Waals surface area (Å²) in [6, 6.07) is 9.91. The second-order valence-electron chi connectivity index (χ2n) is 7.83. The topological polar surface area (TPSA) is 122 Å². The molecule has 1 heterocycles. The van der Waals surface area contributed by atoms with Crippen molar-refractivity contribution in [1.82, 2.24) is 15.6 Å². The molecule has 0 atom stereocenters. The number of aliphatic hydroxyl groups excluding tert-OH is 1. The van der Waals surface area contributed by atoms with Crippen molar-refractivity contribution in [3.8, 4) is 17.2 Å². The second-order valence-corrected chi connectivity index (χ2v) is 8.24. The van der Waals surface area contributed by atoms with Crippen LogP contribution in [0.4, 0.5) is 10.5 Å². The monoisotopic (exact) mass is 484 g/mol. The summed E-state index contributed by atoms with van der Waals surface area (Å²) in [6.07, 6.45) is 4.03. The number of halogens is 1. The lowest BCUT2D eigenvalue weighted by Gasteiger charge is -2.14. The average Bonchev–Trinajstić information content (AvgIpc) is 3.64. The van der Waals surface area contributed by atoms with Crippen molar-refractivity contribution in [2.75, 3.05) is 25.6 Å². The lowest BCUT2D eigenvalue weighted by Crippen LogP contribution is -2.30. The lowest BCUT2D eigenvalue weighted by atomic mass is 10.1. The minimum Gasteiger partial charge on any atom is -0.496 e. The highest BCUT2D eigenvalue weighted by molar-refractivity contribution is 6.33. The van der Waals surface area contributed by atoms with E-state index in [4.69, 9.17) is 26.2 Å². The molecule has 4 rings (SSSR count). The lowest BCUT2D eigenvalue weighted by molar-refractivity contribution is 0.0948. The number of hydrogen-bond donors (Lipinski definition) is 4. The van der Waals surface area contributed by atoms with Gasteiger partial charge in [-0.1, -0.05) is 11.6 Å². The molecule has 1 aliphatic carbocycles. The summed E-state index contributed by atoms with van der Waals surface area (Å²) in [5.74, 6) is 0.974. The third-order valence-electron chi connectivity index (χ3n) is 5.22. The van der Waals surface area contributed by atoms with Crippen LogP contribution in [0.25, 0.3) is 10.9 Å². The van der Waals surface area contributed by atoms with Crippen LogP contribution in [0.3, 0.4) is 0 Å². The quantitative estimate of drug-likeness (QED) is 0.339. The molecule has 2 aromatic carbocycles. The van der Waals surface area contributed by atoms with E-state index >= 15 is 0 Å². The van der Waals surface area contributed by atoms with Gasteiger partial charge in [0.15, 0.2) is 0 Å². The molecule has 10 heteroatoms. The molecule has 3 amide bonds. The van der Waals surface area contributed by atoms with E-state index in [0.29, 0.717) is 57.4 Å². The van der Waals surface area contributed by atoms with Crippen LogP contribution in [0, 0.1) is 0 Å². The van der Waals surface area contributed by atoms with Gasteiger partial charge >= 0.3 is 6.03 Å². The maximum atomic E-state index is 12.7. The van der Waals surface area contributed by atoms with Crippen molar-refractivity contribution in [2.45, 2.75) is 25.3 Å². The Labute approximate surface area is 201 Å². The average molecular weight is 485 g/mol. The van der Waals surface area contributed by atoms with Crippen LogP contribution in [0.15, 0.2) is 42.6 Å². The first kappa shape index (κ1) is 23.6. The predicted octanol–water partition coefficient (Wildman–Crippen LogP) is 4.09. The number of carbonyl (C=O) groups is 2. The number of aliphatic hydroxyl groups is 1. The Morgan fingerprint density at radius 2 is 2.00 bits per heavy atom. The summed E-state index contributed by atoms with van der Waals surface area (Å²) in [5, 5.41) is 18.2. The van der Waals surface area contributed by atoms with E-state index in [-0.39, 0.29) is 24.6 Å². The number of urea groups is 1. The second kappa shape index (κ2) is 10.6. The van der Waals surface area contributed by atoms with E-state index in [1.54, 1.807) is 42.6 Å². The van der Waals surface area contributed by atoms with Gasteiger partial charge in [0.25, 0.3) is 5.91 Å². The van der Waals surface area contributed by atoms with E-state index in [9.17, 15) is 9.59 Å². The highest BCUT2D eigenvalue weighted by Gasteiger charge is 2.23. The number of methoxy groups -OCH3 is 1. The number of nitrogens with zero attached hydrogens (tertiary/aromatic N) is 1. The SMILES string of the molecule is COc1cc2nccc(Oc3ccc(NC(=O)NC4CC4)c(Cl)c3)c2cc1C(=O)NCCCO. The van der Waals surface area contributed by atoms with Crippen LogP contribution in [0.5, 0.6) is 17.2 Å². The van der Waals surface area contributed by atoms with Gasteiger partial charge in [-0.05, 0) is 43.5 Å². The van der Waals surface area contributed by atoms with E-state index in [2.05, 4.69) is 20.9 Å². The predicted molar refractivity (Wildman–Crippen MR) is 129 cm³/mol. The zero-order chi connectivity index (χ0) is 24.1. The molecule has 3 aromatic rings. The van der Waals surface area contributed by atoms with Gasteiger partial charge in [0.05, 0.1) is 28.9 Å². The van der Waals surface area contributed by atoms with Crippen LogP contribution < -0.4 is 25.4 Å². The van der Waals surface area contributed by atoms with Gasteiger partial charge in [-0.25, -0.2) is 4.79 Å². The first-order chi connectivity index (χ1) is 16.5. The highest BCUT2D eigenvalue weighted by Crippen LogP contribution is 2.35. The van der Waals surface area contributed by atoms with Gasteiger partial charge in [-0.3, -0.25) is 9.78 Å². The normalized spacial score (nSPS) is 12.8. The maximum absolute atomic E-state index is 12.7. The Bertz CT molecular complexity index is 1220. The summed E-state index contributed by atoms with van der Waals surface area (Å²) in [5.41, 5.74) is 1.38. The number of amides is 3. The minimum atomic E-state index is -0.329. The number of pyridine rings is 1. The van der Waals surface area contributed by atoms with Crippen molar-refractivity contribution in [3.63, 3.8) is 0 Å². The minimum absolute atomic E-state index is 0.0148. The molecule has 0 saturated heterocycles. The van der Waals surface area contributed by atoms with Crippen LogP contribution in [-0.2, 0) is 0 Å². The molecule has 1 saturated carbocycles. The first-order valence-electron chi connectivity index (χ1n) is 10.9. The molecule has 9 nitrogen and oxygen atoms in total. The third kappa shape index (κ3) is 5.67. The molecule has 1 aromatic heterocycles. The van der Waals surface area contributed by atoms with E-state index < -0.39 is 0 Å². The number of anilines is 1. The Hall–Kier alpha value is -3.56. The number of rotatable bonds is 9. The summed E-state index contributed by atoms with van der Waals surface area (Å²) < 4.78 is 11.4. The third-order valence-corrected chi connectivity index (χ3v) is 5.53. The number of aromatic nitrogens is 1. The largest absolute Gasteiger partial charge is 0.496 e. The molecule has 1 fully saturated rings. The maximum Gasteiger partial charge on any atom is 0.319 e. The molecule has 0 spiro atoms. The first-order valence-corrected chi connectivity index (χ1v) is 11.3. The molecule has 4 N–H and O–H groups in total. The Balaban J connectivity index is 1.57. The molecule has 0 unspecified atom stereocenters. The molecule has 34 heavy (non-hydrogen) atoms. The molecule has 1 aliphatic rings.